The van der Waals surface area contributed by atoms with Crippen molar-refractivity contribution in [2.45, 2.75) is 25.5 Å². The van der Waals surface area contributed by atoms with Crippen LogP contribution in [0.4, 0.5) is 0 Å². The standard InChI is InChI=1S/C22H21N3O2S/c1-15-12-20(18-6-4-3-5-7-18)25-22(24-15)28-14-21(27)19-10-8-17(9-11-19)13-23-16(2)26/h3-12H,13-14H2,1-2H3,(H,23,26). The zero-order valence-corrected chi connectivity index (χ0v) is 16.6. The molecule has 3 rings (SSSR count). The summed E-state index contributed by atoms with van der Waals surface area (Å²) in [5.74, 6) is 0.204. The molecule has 0 aliphatic carbocycles. The Balaban J connectivity index is 1.64. The molecule has 0 unspecified atom stereocenters. The van der Waals surface area contributed by atoms with Gasteiger partial charge in [0.15, 0.2) is 10.9 Å². The van der Waals surface area contributed by atoms with Gasteiger partial charge in [-0.15, -0.1) is 0 Å². The van der Waals surface area contributed by atoms with Gasteiger partial charge in [-0.05, 0) is 18.6 Å². The number of nitrogens with one attached hydrogen (secondary N) is 1. The Kier molecular flexibility index (Phi) is 6.55. The molecule has 6 heteroatoms. The Hall–Kier alpha value is -2.99. The first-order valence-electron chi connectivity index (χ1n) is 8.92. The van der Waals surface area contributed by atoms with Crippen molar-refractivity contribution in [3.63, 3.8) is 0 Å². The molecule has 0 radical (unpaired) electrons. The van der Waals surface area contributed by atoms with E-state index in [4.69, 9.17) is 0 Å². The zero-order valence-electron chi connectivity index (χ0n) is 15.8. The van der Waals surface area contributed by atoms with Crippen LogP contribution in [-0.2, 0) is 11.3 Å². The van der Waals surface area contributed by atoms with E-state index in [-0.39, 0.29) is 17.4 Å². The molecule has 5 nitrogen and oxygen atoms in total. The predicted octanol–water partition coefficient (Wildman–Crippen LogP) is 4.06. The molecule has 0 saturated carbocycles. The molecule has 0 saturated heterocycles. The van der Waals surface area contributed by atoms with E-state index >= 15 is 0 Å². The lowest BCUT2D eigenvalue weighted by Gasteiger charge is -2.07. The molecule has 1 N–H and O–H groups in total. The summed E-state index contributed by atoms with van der Waals surface area (Å²) in [5, 5.41) is 3.33. The highest BCUT2D eigenvalue weighted by atomic mass is 32.2. The van der Waals surface area contributed by atoms with E-state index in [0.717, 1.165) is 22.5 Å². The monoisotopic (exact) mass is 391 g/mol. The van der Waals surface area contributed by atoms with Crippen molar-refractivity contribution in [2.75, 3.05) is 5.75 Å². The van der Waals surface area contributed by atoms with Crippen LogP contribution in [0.5, 0.6) is 0 Å². The SMILES string of the molecule is CC(=O)NCc1ccc(C(=O)CSc2nc(C)cc(-c3ccccc3)n2)cc1. The van der Waals surface area contributed by atoms with Crippen molar-refractivity contribution in [3.05, 3.63) is 77.5 Å². The van der Waals surface area contributed by atoms with Crippen molar-refractivity contribution >= 4 is 23.5 Å². The highest BCUT2D eigenvalue weighted by molar-refractivity contribution is 7.99. The normalized spacial score (nSPS) is 10.5. The van der Waals surface area contributed by atoms with Crippen LogP contribution < -0.4 is 5.32 Å². The number of amides is 1. The number of carbonyl (C=O) groups is 2. The molecule has 2 aromatic carbocycles. The molecular formula is C22H21N3O2S. The fourth-order valence-electron chi connectivity index (χ4n) is 2.61. The van der Waals surface area contributed by atoms with E-state index in [2.05, 4.69) is 15.3 Å². The number of nitrogens with zero attached hydrogens (tertiary/aromatic N) is 2. The Labute approximate surface area is 168 Å². The maximum Gasteiger partial charge on any atom is 0.217 e. The van der Waals surface area contributed by atoms with Gasteiger partial charge in [0.1, 0.15) is 0 Å². The molecule has 0 bridgehead atoms. The van der Waals surface area contributed by atoms with Crippen molar-refractivity contribution in [2.24, 2.45) is 0 Å². The van der Waals surface area contributed by atoms with Crippen molar-refractivity contribution in [3.8, 4) is 11.3 Å². The van der Waals surface area contributed by atoms with Gasteiger partial charge in [-0.1, -0.05) is 66.4 Å². The lowest BCUT2D eigenvalue weighted by atomic mass is 10.1. The maximum absolute atomic E-state index is 12.5. The largest absolute Gasteiger partial charge is 0.352 e. The Morgan fingerprint density at radius 3 is 2.39 bits per heavy atom. The second kappa shape index (κ2) is 9.28. The fourth-order valence-corrected chi connectivity index (χ4v) is 3.41. The Bertz CT molecular complexity index is 973. The first kappa shape index (κ1) is 19.8. The van der Waals surface area contributed by atoms with Crippen LogP contribution in [0.1, 0.15) is 28.5 Å². The molecule has 1 heterocycles. The Morgan fingerprint density at radius 1 is 1.00 bits per heavy atom. The third-order valence-electron chi connectivity index (χ3n) is 4.05. The summed E-state index contributed by atoms with van der Waals surface area (Å²) in [7, 11) is 0. The number of thioether (sulfide) groups is 1. The highest BCUT2D eigenvalue weighted by Crippen LogP contribution is 2.22. The summed E-state index contributed by atoms with van der Waals surface area (Å²) in [6.07, 6.45) is 0. The second-order valence-electron chi connectivity index (χ2n) is 6.36. The zero-order chi connectivity index (χ0) is 19.9. The van der Waals surface area contributed by atoms with Gasteiger partial charge in [-0.3, -0.25) is 9.59 Å². The van der Waals surface area contributed by atoms with E-state index < -0.39 is 0 Å². The first-order valence-corrected chi connectivity index (χ1v) is 9.90. The number of aromatic nitrogens is 2. The van der Waals surface area contributed by atoms with E-state index in [0.29, 0.717) is 17.3 Å². The minimum Gasteiger partial charge on any atom is -0.352 e. The molecule has 1 amide bonds. The van der Waals surface area contributed by atoms with Gasteiger partial charge in [-0.2, -0.15) is 0 Å². The molecule has 0 fully saturated rings. The van der Waals surface area contributed by atoms with Gasteiger partial charge in [0.2, 0.25) is 5.91 Å². The molecule has 0 spiro atoms. The summed E-state index contributed by atoms with van der Waals surface area (Å²) < 4.78 is 0. The number of hydrogen-bond donors (Lipinski definition) is 1. The quantitative estimate of drug-likeness (QED) is 0.373. The number of benzene rings is 2. The first-order chi connectivity index (χ1) is 13.5. The Morgan fingerprint density at radius 2 is 1.71 bits per heavy atom. The van der Waals surface area contributed by atoms with Crippen LogP contribution in [0.2, 0.25) is 0 Å². The van der Waals surface area contributed by atoms with Crippen LogP contribution in [0.15, 0.2) is 65.8 Å². The van der Waals surface area contributed by atoms with Crippen molar-refractivity contribution in [1.82, 2.24) is 15.3 Å². The van der Waals surface area contributed by atoms with E-state index in [1.807, 2.05) is 55.5 Å². The number of hydrogen-bond acceptors (Lipinski definition) is 5. The minimum absolute atomic E-state index is 0.0162. The number of Topliss-reactive ketones (excluding diaryl/α,β-unsaturated/α-hetero) is 1. The summed E-state index contributed by atoms with van der Waals surface area (Å²) in [6.45, 7) is 3.86. The van der Waals surface area contributed by atoms with Crippen LogP contribution in [0.25, 0.3) is 11.3 Å². The van der Waals surface area contributed by atoms with E-state index in [1.54, 1.807) is 12.1 Å². The van der Waals surface area contributed by atoms with Crippen LogP contribution >= 0.6 is 11.8 Å². The maximum atomic E-state index is 12.5. The average Bonchev–Trinajstić information content (AvgIpc) is 2.71. The lowest BCUT2D eigenvalue weighted by molar-refractivity contribution is -0.119. The molecule has 0 atom stereocenters. The number of ketones is 1. The van der Waals surface area contributed by atoms with E-state index in [1.165, 1.54) is 18.7 Å². The van der Waals surface area contributed by atoms with Gasteiger partial charge in [0.25, 0.3) is 0 Å². The number of carbonyl (C=O) groups excluding carboxylic acids is 2. The molecular weight excluding hydrogens is 370 g/mol. The van der Waals surface area contributed by atoms with Gasteiger partial charge in [-0.25, -0.2) is 9.97 Å². The third kappa shape index (κ3) is 5.50. The van der Waals surface area contributed by atoms with Crippen LogP contribution in [-0.4, -0.2) is 27.4 Å². The molecule has 3 aromatic rings. The van der Waals surface area contributed by atoms with Gasteiger partial charge < -0.3 is 5.32 Å². The van der Waals surface area contributed by atoms with Gasteiger partial charge in [0.05, 0.1) is 11.4 Å². The van der Waals surface area contributed by atoms with Crippen LogP contribution in [0.3, 0.4) is 0 Å². The smallest absolute Gasteiger partial charge is 0.217 e. The minimum atomic E-state index is -0.0791. The number of rotatable bonds is 7. The molecule has 28 heavy (non-hydrogen) atoms. The molecule has 0 aliphatic rings. The second-order valence-corrected chi connectivity index (χ2v) is 7.30. The van der Waals surface area contributed by atoms with Gasteiger partial charge in [0, 0.05) is 30.3 Å². The van der Waals surface area contributed by atoms with Crippen molar-refractivity contribution in [1.29, 1.82) is 0 Å². The topological polar surface area (TPSA) is 72.0 Å². The average molecular weight is 391 g/mol. The lowest BCUT2D eigenvalue weighted by Crippen LogP contribution is -2.18. The summed E-state index contributed by atoms with van der Waals surface area (Å²) in [6, 6.07) is 19.1. The van der Waals surface area contributed by atoms with E-state index in [9.17, 15) is 9.59 Å². The third-order valence-corrected chi connectivity index (χ3v) is 4.90. The summed E-state index contributed by atoms with van der Waals surface area (Å²) >= 11 is 1.34. The molecule has 0 aliphatic heterocycles. The summed E-state index contributed by atoms with van der Waals surface area (Å²) in [5.41, 5.74) is 4.33. The molecule has 1 aromatic heterocycles. The highest BCUT2D eigenvalue weighted by Gasteiger charge is 2.10. The fraction of sp³-hybridized carbons (Fsp3) is 0.182. The summed E-state index contributed by atoms with van der Waals surface area (Å²) in [4.78, 5) is 32.5. The number of aryl methyl sites for hydroxylation is 1. The van der Waals surface area contributed by atoms with Crippen molar-refractivity contribution < 1.29 is 9.59 Å². The molecule has 142 valence electrons. The van der Waals surface area contributed by atoms with Gasteiger partial charge >= 0.3 is 0 Å². The predicted molar refractivity (Wildman–Crippen MR) is 111 cm³/mol. The van der Waals surface area contributed by atoms with Crippen LogP contribution in [0, 0.1) is 6.92 Å².